The van der Waals surface area contributed by atoms with Gasteiger partial charge in [-0.15, -0.1) is 6.42 Å². The van der Waals surface area contributed by atoms with Crippen molar-refractivity contribution >= 4 is 0 Å². The highest BCUT2D eigenvalue weighted by atomic mass is 16.3. The van der Waals surface area contributed by atoms with Crippen LogP contribution in [0.5, 0.6) is 5.75 Å². The molecule has 2 heteroatoms. The summed E-state index contributed by atoms with van der Waals surface area (Å²) in [6.45, 7) is 1.48. The number of nitrogens with one attached hydrogen (secondary N) is 1. The van der Waals surface area contributed by atoms with Crippen molar-refractivity contribution in [3.63, 3.8) is 0 Å². The molecule has 0 amide bonds. The third-order valence-electron chi connectivity index (χ3n) is 1.75. The molecule has 0 heterocycles. The average Bonchev–Trinajstić information content (AvgIpc) is 2.15. The quantitative estimate of drug-likeness (QED) is 0.531. The Hall–Kier alpha value is -1.46. The highest BCUT2D eigenvalue weighted by molar-refractivity contribution is 5.25. The van der Waals surface area contributed by atoms with Gasteiger partial charge < -0.3 is 10.4 Å². The Balaban J connectivity index is 2.30. The SMILES string of the molecule is C#CCNCCc1ccc(O)cc1. The Morgan fingerprint density at radius 1 is 1.31 bits per heavy atom. The number of phenolic OH excluding ortho intramolecular Hbond substituents is 1. The van der Waals surface area contributed by atoms with Gasteiger partial charge in [0.2, 0.25) is 0 Å². The molecule has 0 unspecified atom stereocenters. The van der Waals surface area contributed by atoms with Crippen molar-refractivity contribution < 1.29 is 5.11 Å². The molecule has 0 saturated carbocycles. The molecule has 0 spiro atoms. The van der Waals surface area contributed by atoms with Gasteiger partial charge in [-0.3, -0.25) is 0 Å². The summed E-state index contributed by atoms with van der Waals surface area (Å²) in [5.41, 5.74) is 1.20. The van der Waals surface area contributed by atoms with Gasteiger partial charge in [0, 0.05) is 6.54 Å². The van der Waals surface area contributed by atoms with Crippen molar-refractivity contribution in [2.24, 2.45) is 0 Å². The molecule has 0 aliphatic carbocycles. The van der Waals surface area contributed by atoms with E-state index in [-0.39, 0.29) is 0 Å². The standard InChI is InChI=1S/C11H13NO/c1-2-8-12-9-7-10-3-5-11(13)6-4-10/h1,3-6,12-13H,7-9H2. The van der Waals surface area contributed by atoms with E-state index in [2.05, 4.69) is 11.2 Å². The van der Waals surface area contributed by atoms with Crippen LogP contribution in [0.25, 0.3) is 0 Å². The average molecular weight is 175 g/mol. The van der Waals surface area contributed by atoms with Crippen LogP contribution in [-0.4, -0.2) is 18.2 Å². The van der Waals surface area contributed by atoms with E-state index in [4.69, 9.17) is 11.5 Å². The van der Waals surface area contributed by atoms with Crippen LogP contribution < -0.4 is 5.32 Å². The molecule has 0 atom stereocenters. The first-order valence-corrected chi connectivity index (χ1v) is 4.25. The summed E-state index contributed by atoms with van der Waals surface area (Å²) < 4.78 is 0. The smallest absolute Gasteiger partial charge is 0.115 e. The van der Waals surface area contributed by atoms with Crippen LogP contribution in [0.3, 0.4) is 0 Å². The van der Waals surface area contributed by atoms with E-state index in [0.29, 0.717) is 12.3 Å². The summed E-state index contributed by atoms with van der Waals surface area (Å²) in [6.07, 6.45) is 6.01. The summed E-state index contributed by atoms with van der Waals surface area (Å²) in [5, 5.41) is 12.1. The Morgan fingerprint density at radius 2 is 2.00 bits per heavy atom. The zero-order chi connectivity index (χ0) is 9.52. The molecular weight excluding hydrogens is 162 g/mol. The lowest BCUT2D eigenvalue weighted by Crippen LogP contribution is -2.16. The first-order valence-electron chi connectivity index (χ1n) is 4.25. The maximum atomic E-state index is 9.02. The van der Waals surface area contributed by atoms with Crippen molar-refractivity contribution in [3.8, 4) is 18.1 Å². The molecule has 68 valence electrons. The van der Waals surface area contributed by atoms with Crippen LogP contribution in [0.1, 0.15) is 5.56 Å². The van der Waals surface area contributed by atoms with Crippen LogP contribution in [0.4, 0.5) is 0 Å². The first kappa shape index (κ1) is 9.63. The van der Waals surface area contributed by atoms with E-state index in [1.165, 1.54) is 5.56 Å². The molecule has 2 nitrogen and oxygen atoms in total. The van der Waals surface area contributed by atoms with E-state index < -0.39 is 0 Å². The molecule has 0 aliphatic rings. The maximum Gasteiger partial charge on any atom is 0.115 e. The van der Waals surface area contributed by atoms with E-state index in [0.717, 1.165) is 13.0 Å². The molecule has 1 aromatic rings. The van der Waals surface area contributed by atoms with Crippen molar-refractivity contribution in [1.82, 2.24) is 5.32 Å². The minimum atomic E-state index is 0.306. The molecule has 0 saturated heterocycles. The number of rotatable bonds is 4. The molecule has 1 aromatic carbocycles. The molecule has 0 aromatic heterocycles. The number of aromatic hydroxyl groups is 1. The lowest BCUT2D eigenvalue weighted by atomic mass is 10.1. The Morgan fingerprint density at radius 3 is 2.62 bits per heavy atom. The minimum Gasteiger partial charge on any atom is -0.508 e. The van der Waals surface area contributed by atoms with Crippen LogP contribution in [0, 0.1) is 12.3 Å². The highest BCUT2D eigenvalue weighted by Gasteiger charge is 1.92. The zero-order valence-electron chi connectivity index (χ0n) is 7.46. The number of hydrogen-bond acceptors (Lipinski definition) is 2. The van der Waals surface area contributed by atoms with E-state index in [1.807, 2.05) is 12.1 Å². The predicted octanol–water partition coefficient (Wildman–Crippen LogP) is 1.16. The number of terminal acetylenes is 1. The van der Waals surface area contributed by atoms with Crippen molar-refractivity contribution in [2.45, 2.75) is 6.42 Å². The van der Waals surface area contributed by atoms with Crippen molar-refractivity contribution in [2.75, 3.05) is 13.1 Å². The molecule has 0 bridgehead atoms. The van der Waals surface area contributed by atoms with Crippen LogP contribution in [0.15, 0.2) is 24.3 Å². The van der Waals surface area contributed by atoms with E-state index >= 15 is 0 Å². The second kappa shape index (κ2) is 5.23. The van der Waals surface area contributed by atoms with Gasteiger partial charge in [0.05, 0.1) is 6.54 Å². The fourth-order valence-corrected chi connectivity index (χ4v) is 1.06. The predicted molar refractivity (Wildman–Crippen MR) is 53.5 cm³/mol. The third-order valence-corrected chi connectivity index (χ3v) is 1.75. The van der Waals surface area contributed by atoms with E-state index in [1.54, 1.807) is 12.1 Å². The van der Waals surface area contributed by atoms with Gasteiger partial charge in [-0.05, 0) is 24.1 Å². The first-order chi connectivity index (χ1) is 6.33. The molecule has 0 fully saturated rings. The molecule has 2 N–H and O–H groups in total. The molecule has 0 radical (unpaired) electrons. The van der Waals surface area contributed by atoms with Gasteiger partial charge >= 0.3 is 0 Å². The monoisotopic (exact) mass is 175 g/mol. The summed E-state index contributed by atoms with van der Waals surface area (Å²) in [4.78, 5) is 0. The maximum absolute atomic E-state index is 9.02. The third kappa shape index (κ3) is 3.64. The topological polar surface area (TPSA) is 32.3 Å². The van der Waals surface area contributed by atoms with E-state index in [9.17, 15) is 0 Å². The Bertz CT molecular complexity index is 284. The fourth-order valence-electron chi connectivity index (χ4n) is 1.06. The van der Waals surface area contributed by atoms with Crippen LogP contribution in [-0.2, 0) is 6.42 Å². The Labute approximate surface area is 78.6 Å². The summed E-state index contributed by atoms with van der Waals surface area (Å²) in [7, 11) is 0. The summed E-state index contributed by atoms with van der Waals surface area (Å²) >= 11 is 0. The van der Waals surface area contributed by atoms with Gasteiger partial charge in [-0.25, -0.2) is 0 Å². The van der Waals surface area contributed by atoms with Gasteiger partial charge in [-0.2, -0.15) is 0 Å². The second-order valence-corrected chi connectivity index (χ2v) is 2.80. The lowest BCUT2D eigenvalue weighted by molar-refractivity contribution is 0.475. The highest BCUT2D eigenvalue weighted by Crippen LogP contribution is 2.09. The largest absolute Gasteiger partial charge is 0.508 e. The summed E-state index contributed by atoms with van der Waals surface area (Å²) in [6, 6.07) is 7.20. The number of benzene rings is 1. The zero-order valence-corrected chi connectivity index (χ0v) is 7.46. The normalized spacial score (nSPS) is 9.46. The van der Waals surface area contributed by atoms with Gasteiger partial charge in [-0.1, -0.05) is 18.1 Å². The lowest BCUT2D eigenvalue weighted by Gasteiger charge is -2.01. The Kier molecular flexibility index (Phi) is 3.87. The van der Waals surface area contributed by atoms with Crippen LogP contribution >= 0.6 is 0 Å². The number of phenols is 1. The van der Waals surface area contributed by atoms with Gasteiger partial charge in [0.25, 0.3) is 0 Å². The fraction of sp³-hybridized carbons (Fsp3) is 0.273. The van der Waals surface area contributed by atoms with Gasteiger partial charge in [0.1, 0.15) is 5.75 Å². The molecule has 1 rings (SSSR count). The van der Waals surface area contributed by atoms with Gasteiger partial charge in [0.15, 0.2) is 0 Å². The molecular formula is C11H13NO. The van der Waals surface area contributed by atoms with Crippen LogP contribution in [0.2, 0.25) is 0 Å². The molecule has 13 heavy (non-hydrogen) atoms. The number of hydrogen-bond donors (Lipinski definition) is 2. The second-order valence-electron chi connectivity index (χ2n) is 2.80. The minimum absolute atomic E-state index is 0.306. The molecule has 0 aliphatic heterocycles. The van der Waals surface area contributed by atoms with Crippen molar-refractivity contribution in [1.29, 1.82) is 0 Å². The van der Waals surface area contributed by atoms with Crippen molar-refractivity contribution in [3.05, 3.63) is 29.8 Å². The summed E-state index contributed by atoms with van der Waals surface area (Å²) in [5.74, 6) is 2.82.